The minimum atomic E-state index is -4.94. The van der Waals surface area contributed by atoms with Gasteiger partial charge in [-0.15, -0.1) is 10.2 Å². The van der Waals surface area contributed by atoms with E-state index in [-0.39, 0.29) is 19.5 Å². The van der Waals surface area contributed by atoms with Gasteiger partial charge in [0.25, 0.3) is 0 Å². The van der Waals surface area contributed by atoms with Gasteiger partial charge >= 0.3 is 0 Å². The fourth-order valence-electron chi connectivity index (χ4n) is 1.71. The van der Waals surface area contributed by atoms with Crippen molar-refractivity contribution >= 4 is 0 Å². The van der Waals surface area contributed by atoms with Crippen LogP contribution in [0.5, 0.6) is 0 Å². The Hall–Kier alpha value is -0.287. The molecular weight excluding hydrogens is 395 g/mol. The SMILES string of the molecule is C1=CCCC=CCC1.C1=CCCC=CCC1.[O-][Cl+3]([O-])([O-])[O-].[Rh]. The van der Waals surface area contributed by atoms with Gasteiger partial charge < -0.3 is 0 Å². The van der Waals surface area contributed by atoms with Crippen LogP contribution in [0.1, 0.15) is 51.4 Å². The minimum Gasteiger partial charge on any atom is -0.222 e. The van der Waals surface area contributed by atoms with Crippen molar-refractivity contribution in [2.45, 2.75) is 51.4 Å². The number of hydrogen-bond acceptors (Lipinski definition) is 4. The summed E-state index contributed by atoms with van der Waals surface area (Å²) in [6.45, 7) is 0. The van der Waals surface area contributed by atoms with E-state index in [0.717, 1.165) is 0 Å². The van der Waals surface area contributed by atoms with E-state index >= 15 is 0 Å². The molecule has 0 saturated carbocycles. The topological polar surface area (TPSA) is 92.2 Å². The van der Waals surface area contributed by atoms with Crippen LogP contribution in [0.25, 0.3) is 0 Å². The van der Waals surface area contributed by atoms with Crippen LogP contribution >= 0.6 is 0 Å². The van der Waals surface area contributed by atoms with Gasteiger partial charge in [0.1, 0.15) is 0 Å². The maximum absolute atomic E-state index is 8.49. The summed E-state index contributed by atoms with van der Waals surface area (Å²) in [5, 5.41) is 0. The zero-order valence-corrected chi connectivity index (χ0v) is 15.0. The Morgan fingerprint density at radius 1 is 0.409 bits per heavy atom. The third kappa shape index (κ3) is 28.0. The molecule has 2 aliphatic rings. The largest absolute Gasteiger partial charge is 0.222 e. The van der Waals surface area contributed by atoms with Crippen LogP contribution in [-0.2, 0) is 19.5 Å². The third-order valence-electron chi connectivity index (χ3n) is 2.67. The average Bonchev–Trinajstić information content (AvgIpc) is 2.24. The molecule has 22 heavy (non-hydrogen) atoms. The average molecular weight is 419 g/mol. The first-order chi connectivity index (χ1) is 10.0. The second-order valence-corrected chi connectivity index (χ2v) is 5.33. The van der Waals surface area contributed by atoms with E-state index in [1.165, 1.54) is 51.4 Å². The van der Waals surface area contributed by atoms with E-state index in [1.807, 2.05) is 0 Å². The van der Waals surface area contributed by atoms with Crippen LogP contribution in [-0.4, -0.2) is 0 Å². The van der Waals surface area contributed by atoms with Gasteiger partial charge in [0.2, 0.25) is 0 Å². The van der Waals surface area contributed by atoms with Crippen molar-refractivity contribution in [1.82, 2.24) is 0 Å². The minimum absolute atomic E-state index is 0. The van der Waals surface area contributed by atoms with Crippen molar-refractivity contribution < 1.29 is 48.4 Å². The molecule has 2 rings (SSSR count). The molecule has 0 amide bonds. The second kappa shape index (κ2) is 17.1. The fourth-order valence-corrected chi connectivity index (χ4v) is 1.71. The Kier molecular flexibility index (Phi) is 18.6. The van der Waals surface area contributed by atoms with Crippen molar-refractivity contribution in [3.8, 4) is 0 Å². The molecule has 0 fully saturated rings. The van der Waals surface area contributed by atoms with Crippen LogP contribution < -0.4 is 18.6 Å². The number of halogens is 1. The Bertz CT molecular complexity index is 261. The predicted molar refractivity (Wildman–Crippen MR) is 73.5 cm³/mol. The van der Waals surface area contributed by atoms with Gasteiger partial charge in [-0.25, -0.2) is 18.6 Å². The first-order valence-electron chi connectivity index (χ1n) is 7.22. The van der Waals surface area contributed by atoms with Crippen LogP contribution in [0.3, 0.4) is 0 Å². The monoisotopic (exact) mass is 418 g/mol. The summed E-state index contributed by atoms with van der Waals surface area (Å²) in [7, 11) is -4.94. The smallest absolute Gasteiger partial charge is 0 e. The maximum atomic E-state index is 8.49. The van der Waals surface area contributed by atoms with E-state index in [4.69, 9.17) is 18.6 Å². The third-order valence-corrected chi connectivity index (χ3v) is 2.67. The molecule has 0 bridgehead atoms. The summed E-state index contributed by atoms with van der Waals surface area (Å²) in [4.78, 5) is 0. The Labute approximate surface area is 148 Å². The molecule has 4 nitrogen and oxygen atoms in total. The first kappa shape index (κ1) is 24.0. The molecule has 2 aliphatic carbocycles. The Balaban J connectivity index is 0. The van der Waals surface area contributed by atoms with E-state index < -0.39 is 10.2 Å². The maximum Gasteiger partial charge on any atom is 0 e. The van der Waals surface area contributed by atoms with Gasteiger partial charge in [0.05, 0.1) is 0 Å². The van der Waals surface area contributed by atoms with Crippen molar-refractivity contribution in [2.75, 3.05) is 0 Å². The van der Waals surface area contributed by atoms with Gasteiger partial charge in [-0.3, -0.25) is 0 Å². The molecule has 0 aromatic heterocycles. The molecule has 0 unspecified atom stereocenters. The summed E-state index contributed by atoms with van der Waals surface area (Å²) in [5.74, 6) is 0. The van der Waals surface area contributed by atoms with Gasteiger partial charge in [0.15, 0.2) is 0 Å². The summed E-state index contributed by atoms with van der Waals surface area (Å²) < 4.78 is 34.0. The number of rotatable bonds is 0. The molecule has 0 saturated heterocycles. The molecular formula is C16H24ClO4Rh-. The van der Waals surface area contributed by atoms with Crippen molar-refractivity contribution in [3.05, 3.63) is 48.6 Å². The zero-order valence-electron chi connectivity index (χ0n) is 12.6. The summed E-state index contributed by atoms with van der Waals surface area (Å²) >= 11 is 0. The van der Waals surface area contributed by atoms with E-state index in [0.29, 0.717) is 0 Å². The molecule has 0 aromatic carbocycles. The summed E-state index contributed by atoms with van der Waals surface area (Å²) in [6, 6.07) is 0. The summed E-state index contributed by atoms with van der Waals surface area (Å²) in [6.07, 6.45) is 28.0. The number of hydrogen-bond donors (Lipinski definition) is 0. The predicted octanol–water partition coefficient (Wildman–Crippen LogP) is 0.587. The van der Waals surface area contributed by atoms with Crippen LogP contribution in [0.15, 0.2) is 48.6 Å². The molecule has 0 atom stereocenters. The van der Waals surface area contributed by atoms with Crippen molar-refractivity contribution in [1.29, 1.82) is 0 Å². The molecule has 0 N–H and O–H groups in total. The first-order valence-corrected chi connectivity index (χ1v) is 8.45. The zero-order chi connectivity index (χ0) is 15.8. The van der Waals surface area contributed by atoms with Gasteiger partial charge in [0, 0.05) is 19.5 Å². The summed E-state index contributed by atoms with van der Waals surface area (Å²) in [5.41, 5.74) is 0. The fraction of sp³-hybridized carbons (Fsp3) is 0.500. The molecule has 6 heteroatoms. The van der Waals surface area contributed by atoms with Gasteiger partial charge in [-0.05, 0) is 51.4 Å². The standard InChI is InChI=1S/2C8H12.ClHO4.Rh/c2*1-2-4-6-8-7-5-3-1;2-1(3,4)5;/h2*1-2,7-8H,3-6H2;(H,2,3,4,5);/p-1. The van der Waals surface area contributed by atoms with E-state index in [9.17, 15) is 0 Å². The van der Waals surface area contributed by atoms with Gasteiger partial charge in [-0.1, -0.05) is 48.6 Å². The van der Waals surface area contributed by atoms with Crippen LogP contribution in [0.2, 0.25) is 0 Å². The number of allylic oxidation sites excluding steroid dienone is 8. The normalized spacial score (nSPS) is 17.3. The Morgan fingerprint density at radius 2 is 0.500 bits per heavy atom. The Morgan fingerprint density at radius 3 is 0.591 bits per heavy atom. The van der Waals surface area contributed by atoms with E-state index in [1.54, 1.807) is 0 Å². The molecule has 1 radical (unpaired) electrons. The van der Waals surface area contributed by atoms with E-state index in [2.05, 4.69) is 48.6 Å². The van der Waals surface area contributed by atoms with Crippen LogP contribution in [0, 0.1) is 10.2 Å². The quantitative estimate of drug-likeness (QED) is 0.425. The van der Waals surface area contributed by atoms with Crippen molar-refractivity contribution in [2.24, 2.45) is 0 Å². The molecule has 129 valence electrons. The second-order valence-electron chi connectivity index (χ2n) is 4.57. The van der Waals surface area contributed by atoms with Crippen molar-refractivity contribution in [3.63, 3.8) is 0 Å². The molecule has 0 aromatic rings. The van der Waals surface area contributed by atoms with Gasteiger partial charge in [-0.2, -0.15) is 0 Å². The molecule has 0 spiro atoms. The molecule has 0 aliphatic heterocycles. The van der Waals surface area contributed by atoms with Crippen LogP contribution in [0.4, 0.5) is 0 Å². The molecule has 0 heterocycles.